The second-order valence-electron chi connectivity index (χ2n) is 6.68. The van der Waals surface area contributed by atoms with Crippen LogP contribution in [0.1, 0.15) is 69.5 Å². The van der Waals surface area contributed by atoms with Crippen LogP contribution in [0.3, 0.4) is 0 Å². The van der Waals surface area contributed by atoms with Crippen molar-refractivity contribution in [1.82, 2.24) is 14.7 Å². The predicted molar refractivity (Wildman–Crippen MR) is 87.7 cm³/mol. The lowest BCUT2D eigenvalue weighted by Gasteiger charge is -2.35. The number of halogens is 1. The molecule has 1 aromatic rings. The Morgan fingerprint density at radius 3 is 2.71 bits per heavy atom. The third-order valence-corrected chi connectivity index (χ3v) is 5.39. The van der Waals surface area contributed by atoms with Crippen LogP contribution >= 0.6 is 11.6 Å². The predicted octanol–water partition coefficient (Wildman–Crippen LogP) is 4.37. The minimum absolute atomic E-state index is 0.646. The molecule has 3 rings (SSSR count). The average Bonchev–Trinajstić information content (AvgIpc) is 2.99. The highest BCUT2D eigenvalue weighted by Gasteiger charge is 2.23. The van der Waals surface area contributed by atoms with Crippen molar-refractivity contribution >= 4 is 11.6 Å². The highest BCUT2D eigenvalue weighted by molar-refractivity contribution is 6.17. The van der Waals surface area contributed by atoms with Crippen LogP contribution < -0.4 is 0 Å². The first kappa shape index (κ1) is 15.4. The molecule has 3 nitrogen and oxygen atoms in total. The maximum Gasteiger partial charge on any atom is 0.0765 e. The van der Waals surface area contributed by atoms with Gasteiger partial charge in [-0.2, -0.15) is 5.10 Å². The summed E-state index contributed by atoms with van der Waals surface area (Å²) in [5.74, 6) is 0.775. The molecule has 21 heavy (non-hydrogen) atoms. The topological polar surface area (TPSA) is 21.1 Å². The highest BCUT2D eigenvalue weighted by atomic mass is 35.5. The molecular weight excluding hydrogens is 282 g/mol. The van der Waals surface area contributed by atoms with Crippen LogP contribution in [0.25, 0.3) is 0 Å². The van der Waals surface area contributed by atoms with Crippen LogP contribution in [0.2, 0.25) is 0 Å². The summed E-state index contributed by atoms with van der Waals surface area (Å²) in [6.07, 6.45) is 14.0. The van der Waals surface area contributed by atoms with E-state index in [0.717, 1.165) is 18.8 Å². The monoisotopic (exact) mass is 309 g/mol. The second kappa shape index (κ2) is 7.64. The lowest BCUT2D eigenvalue weighted by Crippen LogP contribution is -2.39. The zero-order valence-corrected chi connectivity index (χ0v) is 13.8. The largest absolute Gasteiger partial charge is 0.294 e. The molecule has 0 spiro atoms. The molecule has 2 heterocycles. The first-order valence-corrected chi connectivity index (χ1v) is 9.24. The molecule has 1 unspecified atom stereocenters. The maximum atomic E-state index is 5.96. The van der Waals surface area contributed by atoms with Crippen molar-refractivity contribution in [2.75, 3.05) is 12.4 Å². The van der Waals surface area contributed by atoms with Crippen molar-refractivity contribution in [3.8, 4) is 0 Å². The zero-order chi connectivity index (χ0) is 14.5. The molecule has 1 saturated heterocycles. The van der Waals surface area contributed by atoms with Gasteiger partial charge in [0.25, 0.3) is 0 Å². The zero-order valence-electron chi connectivity index (χ0n) is 13.0. The summed E-state index contributed by atoms with van der Waals surface area (Å²) < 4.78 is 2.23. The van der Waals surface area contributed by atoms with E-state index in [0.29, 0.717) is 12.1 Å². The second-order valence-corrected chi connectivity index (χ2v) is 7.05. The van der Waals surface area contributed by atoms with Crippen molar-refractivity contribution in [1.29, 1.82) is 0 Å². The number of nitrogens with zero attached hydrogens (tertiary/aromatic N) is 3. The SMILES string of the molecule is ClCCC1CCCCN1Cc1ccn(C2CCCCC2)n1. The Labute approximate surface area is 133 Å². The van der Waals surface area contributed by atoms with Gasteiger partial charge < -0.3 is 0 Å². The van der Waals surface area contributed by atoms with Gasteiger partial charge in [0.1, 0.15) is 0 Å². The molecule has 0 radical (unpaired) electrons. The molecule has 2 aliphatic rings. The van der Waals surface area contributed by atoms with Crippen molar-refractivity contribution in [3.05, 3.63) is 18.0 Å². The molecule has 4 heteroatoms. The van der Waals surface area contributed by atoms with Gasteiger partial charge in [-0.15, -0.1) is 11.6 Å². The summed E-state index contributed by atoms with van der Waals surface area (Å²) in [7, 11) is 0. The van der Waals surface area contributed by atoms with Crippen LogP contribution in [-0.2, 0) is 6.54 Å². The van der Waals surface area contributed by atoms with E-state index in [2.05, 4.69) is 21.8 Å². The fraction of sp³-hybridized carbons (Fsp3) is 0.824. The van der Waals surface area contributed by atoms with Gasteiger partial charge in [-0.25, -0.2) is 0 Å². The van der Waals surface area contributed by atoms with Gasteiger partial charge >= 0.3 is 0 Å². The Kier molecular flexibility index (Phi) is 5.59. The molecule has 118 valence electrons. The molecule has 0 N–H and O–H groups in total. The van der Waals surface area contributed by atoms with E-state index in [1.807, 2.05) is 0 Å². The van der Waals surface area contributed by atoms with E-state index in [1.165, 1.54) is 63.6 Å². The van der Waals surface area contributed by atoms with Gasteiger partial charge in [-0.05, 0) is 44.7 Å². The lowest BCUT2D eigenvalue weighted by atomic mass is 9.96. The third-order valence-electron chi connectivity index (χ3n) is 5.17. The maximum absolute atomic E-state index is 5.96. The van der Waals surface area contributed by atoms with Gasteiger partial charge in [0, 0.05) is 24.7 Å². The highest BCUT2D eigenvalue weighted by Crippen LogP contribution is 2.28. The number of piperidine rings is 1. The minimum atomic E-state index is 0.646. The number of likely N-dealkylation sites (tertiary alicyclic amines) is 1. The summed E-state index contributed by atoms with van der Waals surface area (Å²) >= 11 is 5.96. The van der Waals surface area contributed by atoms with Crippen LogP contribution in [0.5, 0.6) is 0 Å². The summed E-state index contributed by atoms with van der Waals surface area (Å²) in [6.45, 7) is 2.21. The van der Waals surface area contributed by atoms with E-state index >= 15 is 0 Å². The van der Waals surface area contributed by atoms with Crippen LogP contribution in [0.15, 0.2) is 12.3 Å². The first-order chi connectivity index (χ1) is 10.4. The Morgan fingerprint density at radius 1 is 1.10 bits per heavy atom. The number of hydrogen-bond donors (Lipinski definition) is 0. The molecule has 1 aliphatic heterocycles. The summed E-state index contributed by atoms with van der Waals surface area (Å²) in [6, 6.07) is 3.53. The fourth-order valence-electron chi connectivity index (χ4n) is 3.94. The normalized spacial score (nSPS) is 25.3. The van der Waals surface area contributed by atoms with Crippen molar-refractivity contribution < 1.29 is 0 Å². The quantitative estimate of drug-likeness (QED) is 0.753. The Balaban J connectivity index is 1.60. The number of aromatic nitrogens is 2. The standard InChI is InChI=1S/C17H28ClN3/c18-11-9-16-6-4-5-12-20(16)14-15-10-13-21(19-15)17-7-2-1-3-8-17/h10,13,16-17H,1-9,11-12,14H2. The van der Waals surface area contributed by atoms with Crippen LogP contribution in [0.4, 0.5) is 0 Å². The van der Waals surface area contributed by atoms with Gasteiger partial charge in [0.05, 0.1) is 11.7 Å². The van der Waals surface area contributed by atoms with Gasteiger partial charge in [0.15, 0.2) is 0 Å². The smallest absolute Gasteiger partial charge is 0.0765 e. The van der Waals surface area contributed by atoms with E-state index in [1.54, 1.807) is 0 Å². The Morgan fingerprint density at radius 2 is 1.90 bits per heavy atom. The molecule has 0 aromatic carbocycles. The summed E-state index contributed by atoms with van der Waals surface area (Å²) in [5, 5.41) is 4.86. The molecular formula is C17H28ClN3. The van der Waals surface area contributed by atoms with E-state index in [9.17, 15) is 0 Å². The Hall–Kier alpha value is -0.540. The molecule has 1 saturated carbocycles. The van der Waals surface area contributed by atoms with Crippen molar-refractivity contribution in [2.24, 2.45) is 0 Å². The number of hydrogen-bond acceptors (Lipinski definition) is 2. The van der Waals surface area contributed by atoms with E-state index < -0.39 is 0 Å². The van der Waals surface area contributed by atoms with Crippen molar-refractivity contribution in [3.63, 3.8) is 0 Å². The number of rotatable bonds is 5. The van der Waals surface area contributed by atoms with Gasteiger partial charge in [-0.3, -0.25) is 9.58 Å². The Bertz CT molecular complexity index is 423. The molecule has 1 aliphatic carbocycles. The first-order valence-electron chi connectivity index (χ1n) is 8.71. The average molecular weight is 310 g/mol. The molecule has 2 fully saturated rings. The van der Waals surface area contributed by atoms with E-state index in [4.69, 9.17) is 16.7 Å². The third kappa shape index (κ3) is 4.01. The van der Waals surface area contributed by atoms with Gasteiger partial charge in [0.2, 0.25) is 0 Å². The summed E-state index contributed by atoms with van der Waals surface area (Å²) in [4.78, 5) is 2.60. The van der Waals surface area contributed by atoms with Crippen molar-refractivity contribution in [2.45, 2.75) is 76.4 Å². The van der Waals surface area contributed by atoms with Gasteiger partial charge in [-0.1, -0.05) is 25.7 Å². The number of alkyl halides is 1. The lowest BCUT2D eigenvalue weighted by molar-refractivity contribution is 0.134. The molecule has 1 atom stereocenters. The van der Waals surface area contributed by atoms with Crippen LogP contribution in [0, 0.1) is 0 Å². The minimum Gasteiger partial charge on any atom is -0.294 e. The summed E-state index contributed by atoms with van der Waals surface area (Å²) in [5.41, 5.74) is 1.24. The van der Waals surface area contributed by atoms with E-state index in [-0.39, 0.29) is 0 Å². The van der Waals surface area contributed by atoms with Crippen LogP contribution in [-0.4, -0.2) is 33.1 Å². The molecule has 0 amide bonds. The fourth-order valence-corrected chi connectivity index (χ4v) is 4.19. The molecule has 1 aromatic heterocycles. The molecule has 0 bridgehead atoms.